The zero-order valence-corrected chi connectivity index (χ0v) is 15.2. The van der Waals surface area contributed by atoms with Gasteiger partial charge in [-0.2, -0.15) is 0 Å². The predicted octanol–water partition coefficient (Wildman–Crippen LogP) is 7.01. The average Bonchev–Trinajstić information content (AvgIpc) is 3.08. The van der Waals surface area contributed by atoms with Gasteiger partial charge in [0.1, 0.15) is 0 Å². The second kappa shape index (κ2) is 6.04. The molecular formula is C25H24. The van der Waals surface area contributed by atoms with Crippen LogP contribution in [0.5, 0.6) is 0 Å². The van der Waals surface area contributed by atoms with Gasteiger partial charge < -0.3 is 0 Å². The van der Waals surface area contributed by atoms with Crippen molar-refractivity contribution in [1.29, 1.82) is 0 Å². The second-order valence-electron chi connectivity index (χ2n) is 7.88. The van der Waals surface area contributed by atoms with E-state index < -0.39 is 0 Å². The van der Waals surface area contributed by atoms with Crippen LogP contribution in [0.1, 0.15) is 31.9 Å². The number of allylic oxidation sites excluding steroid dienone is 1. The Bertz CT molecular complexity index is 923. The Hall–Kier alpha value is -2.60. The van der Waals surface area contributed by atoms with Crippen LogP contribution in [0.4, 0.5) is 0 Å². The minimum absolute atomic E-state index is 0.195. The standard InChI is InChI=1S/C25H24/c1-25(2,3)20-16-23-21(18-10-6-4-7-11-18)14-15-22(24(23)17-20)19-12-8-5-9-13-19/h4-16H,17H2,1-3H3. The topological polar surface area (TPSA) is 0 Å². The lowest BCUT2D eigenvalue weighted by molar-refractivity contribution is 0.498. The number of benzene rings is 3. The molecule has 1 aliphatic rings. The van der Waals surface area contributed by atoms with Crippen LogP contribution in [-0.2, 0) is 6.42 Å². The van der Waals surface area contributed by atoms with E-state index in [9.17, 15) is 0 Å². The fraction of sp³-hybridized carbons (Fsp3) is 0.200. The van der Waals surface area contributed by atoms with E-state index in [-0.39, 0.29) is 5.41 Å². The molecule has 124 valence electrons. The van der Waals surface area contributed by atoms with Gasteiger partial charge in [-0.15, -0.1) is 0 Å². The highest BCUT2D eigenvalue weighted by atomic mass is 14.3. The zero-order valence-electron chi connectivity index (χ0n) is 15.2. The molecule has 0 bridgehead atoms. The van der Waals surface area contributed by atoms with Crippen molar-refractivity contribution in [2.75, 3.05) is 0 Å². The fourth-order valence-electron chi connectivity index (χ4n) is 3.67. The molecule has 25 heavy (non-hydrogen) atoms. The summed E-state index contributed by atoms with van der Waals surface area (Å²) in [5, 5.41) is 0. The third kappa shape index (κ3) is 2.93. The Labute approximate surface area is 150 Å². The van der Waals surface area contributed by atoms with E-state index >= 15 is 0 Å². The maximum absolute atomic E-state index is 2.43. The van der Waals surface area contributed by atoms with E-state index in [1.54, 1.807) is 0 Å². The molecule has 0 amide bonds. The summed E-state index contributed by atoms with van der Waals surface area (Å²) < 4.78 is 0. The third-order valence-corrected chi connectivity index (χ3v) is 5.18. The van der Waals surface area contributed by atoms with Gasteiger partial charge in [0.05, 0.1) is 0 Å². The van der Waals surface area contributed by atoms with Crippen LogP contribution in [0.2, 0.25) is 0 Å². The van der Waals surface area contributed by atoms with Gasteiger partial charge in [0, 0.05) is 0 Å². The first-order valence-corrected chi connectivity index (χ1v) is 9.02. The van der Waals surface area contributed by atoms with Gasteiger partial charge in [-0.3, -0.25) is 0 Å². The van der Waals surface area contributed by atoms with E-state index in [0.29, 0.717) is 0 Å². The van der Waals surface area contributed by atoms with Crippen molar-refractivity contribution in [2.24, 2.45) is 5.41 Å². The summed E-state index contributed by atoms with van der Waals surface area (Å²) in [6.07, 6.45) is 3.48. The summed E-state index contributed by atoms with van der Waals surface area (Å²) in [4.78, 5) is 0. The lowest BCUT2D eigenvalue weighted by atomic mass is 9.84. The maximum Gasteiger partial charge on any atom is -0.00462 e. The largest absolute Gasteiger partial charge is 0.0622 e. The van der Waals surface area contributed by atoms with Crippen molar-refractivity contribution in [1.82, 2.24) is 0 Å². The first kappa shape index (κ1) is 15.9. The molecule has 0 aromatic heterocycles. The van der Waals surface area contributed by atoms with Crippen LogP contribution in [0.25, 0.3) is 28.3 Å². The number of rotatable bonds is 2. The van der Waals surface area contributed by atoms with Gasteiger partial charge in [-0.25, -0.2) is 0 Å². The molecule has 0 unspecified atom stereocenters. The summed E-state index contributed by atoms with van der Waals surface area (Å²) in [5.41, 5.74) is 9.89. The van der Waals surface area contributed by atoms with Crippen molar-refractivity contribution in [3.8, 4) is 22.3 Å². The van der Waals surface area contributed by atoms with Gasteiger partial charge in [0.15, 0.2) is 0 Å². The van der Waals surface area contributed by atoms with Crippen LogP contribution in [0.3, 0.4) is 0 Å². The first-order chi connectivity index (χ1) is 12.0. The van der Waals surface area contributed by atoms with Gasteiger partial charge in [-0.05, 0) is 45.2 Å². The molecule has 0 fully saturated rings. The zero-order chi connectivity index (χ0) is 17.4. The number of fused-ring (bicyclic) bond motifs is 1. The third-order valence-electron chi connectivity index (χ3n) is 5.18. The monoisotopic (exact) mass is 324 g/mol. The van der Waals surface area contributed by atoms with E-state index in [4.69, 9.17) is 0 Å². The quantitative estimate of drug-likeness (QED) is 0.476. The molecule has 0 atom stereocenters. The maximum atomic E-state index is 2.43. The molecule has 0 nitrogen and oxygen atoms in total. The van der Waals surface area contributed by atoms with Gasteiger partial charge in [0.2, 0.25) is 0 Å². The Morgan fingerprint density at radius 3 is 1.72 bits per heavy atom. The smallest absolute Gasteiger partial charge is 0.00462 e. The Morgan fingerprint density at radius 2 is 1.16 bits per heavy atom. The highest BCUT2D eigenvalue weighted by Gasteiger charge is 2.26. The van der Waals surface area contributed by atoms with Crippen molar-refractivity contribution >= 4 is 6.08 Å². The molecule has 0 heteroatoms. The summed E-state index contributed by atoms with van der Waals surface area (Å²) in [6.45, 7) is 6.94. The highest BCUT2D eigenvalue weighted by Crippen LogP contribution is 2.44. The molecule has 0 aliphatic heterocycles. The van der Waals surface area contributed by atoms with E-state index in [1.807, 2.05) is 0 Å². The molecule has 1 aliphatic carbocycles. The van der Waals surface area contributed by atoms with Crippen molar-refractivity contribution in [3.05, 3.63) is 89.5 Å². The first-order valence-electron chi connectivity index (χ1n) is 9.02. The van der Waals surface area contributed by atoms with E-state index in [2.05, 4.69) is 99.6 Å². The lowest BCUT2D eigenvalue weighted by Crippen LogP contribution is -2.09. The normalized spacial score (nSPS) is 13.5. The summed E-state index contributed by atoms with van der Waals surface area (Å²) >= 11 is 0. The molecule has 0 spiro atoms. The van der Waals surface area contributed by atoms with Crippen LogP contribution in [0, 0.1) is 5.41 Å². The Kier molecular flexibility index (Phi) is 3.84. The second-order valence-corrected chi connectivity index (χ2v) is 7.88. The van der Waals surface area contributed by atoms with Gasteiger partial charge in [-0.1, -0.05) is 105 Å². The SMILES string of the molecule is CC(C)(C)C1=Cc2c(-c3ccccc3)ccc(-c3ccccc3)c2C1. The molecule has 0 N–H and O–H groups in total. The minimum Gasteiger partial charge on any atom is -0.0622 e. The molecule has 3 aromatic carbocycles. The average molecular weight is 324 g/mol. The number of hydrogen-bond donors (Lipinski definition) is 0. The highest BCUT2D eigenvalue weighted by molar-refractivity contribution is 5.87. The minimum atomic E-state index is 0.195. The molecule has 0 saturated heterocycles. The molecule has 0 radical (unpaired) electrons. The van der Waals surface area contributed by atoms with Crippen molar-refractivity contribution in [2.45, 2.75) is 27.2 Å². The fourth-order valence-corrected chi connectivity index (χ4v) is 3.67. The molecule has 0 saturated carbocycles. The van der Waals surface area contributed by atoms with Crippen LogP contribution >= 0.6 is 0 Å². The number of hydrogen-bond acceptors (Lipinski definition) is 0. The van der Waals surface area contributed by atoms with Crippen molar-refractivity contribution in [3.63, 3.8) is 0 Å². The van der Waals surface area contributed by atoms with Crippen LogP contribution in [0.15, 0.2) is 78.4 Å². The van der Waals surface area contributed by atoms with E-state index in [1.165, 1.54) is 39.0 Å². The summed E-state index contributed by atoms with van der Waals surface area (Å²) in [6, 6.07) is 26.1. The lowest BCUT2D eigenvalue weighted by Gasteiger charge is -2.20. The molecular weight excluding hydrogens is 300 g/mol. The molecule has 0 heterocycles. The van der Waals surface area contributed by atoms with E-state index in [0.717, 1.165) is 6.42 Å². The summed E-state index contributed by atoms with van der Waals surface area (Å²) in [5.74, 6) is 0. The molecule has 3 aromatic rings. The van der Waals surface area contributed by atoms with Crippen molar-refractivity contribution < 1.29 is 0 Å². The Morgan fingerprint density at radius 1 is 0.640 bits per heavy atom. The van der Waals surface area contributed by atoms with Crippen LogP contribution < -0.4 is 0 Å². The van der Waals surface area contributed by atoms with Gasteiger partial charge in [0.25, 0.3) is 0 Å². The van der Waals surface area contributed by atoms with Crippen LogP contribution in [-0.4, -0.2) is 0 Å². The summed E-state index contributed by atoms with van der Waals surface area (Å²) in [7, 11) is 0. The Balaban J connectivity index is 1.93. The van der Waals surface area contributed by atoms with Gasteiger partial charge >= 0.3 is 0 Å². The molecule has 4 rings (SSSR count). The predicted molar refractivity (Wildman–Crippen MR) is 108 cm³/mol.